The summed E-state index contributed by atoms with van der Waals surface area (Å²) in [5.41, 5.74) is 13.0. The zero-order valence-electron chi connectivity index (χ0n) is 20.2. The minimum absolute atomic E-state index is 0.0611. The molecule has 0 atom stereocenters. The van der Waals surface area contributed by atoms with Crippen molar-refractivity contribution in [3.05, 3.63) is 83.8 Å². The van der Waals surface area contributed by atoms with Gasteiger partial charge in [0, 0.05) is 76.6 Å². The van der Waals surface area contributed by atoms with Crippen LogP contribution in [0.5, 0.6) is 0 Å². The van der Waals surface area contributed by atoms with Gasteiger partial charge in [0.2, 0.25) is 0 Å². The third-order valence-corrected chi connectivity index (χ3v) is 5.30. The number of aromatic nitrogens is 3. The first kappa shape index (κ1) is 24.3. The molecule has 0 saturated heterocycles. The molecule has 0 bridgehead atoms. The van der Waals surface area contributed by atoms with Crippen molar-refractivity contribution < 1.29 is 0 Å². The highest BCUT2D eigenvalue weighted by Gasteiger charge is 2.16. The van der Waals surface area contributed by atoms with E-state index < -0.39 is 0 Å². The van der Waals surface area contributed by atoms with Crippen LogP contribution in [0, 0.1) is 18.3 Å². The summed E-state index contributed by atoms with van der Waals surface area (Å²) in [6.07, 6.45) is 8.24. The Balaban J connectivity index is 1.94. The lowest BCUT2D eigenvalue weighted by atomic mass is 9.90. The first-order valence-electron chi connectivity index (χ1n) is 10.8. The molecule has 34 heavy (non-hydrogen) atoms. The monoisotopic (exact) mass is 451 g/mol. The van der Waals surface area contributed by atoms with Gasteiger partial charge in [-0.2, -0.15) is 5.26 Å². The van der Waals surface area contributed by atoms with E-state index in [1.54, 1.807) is 37.9 Å². The Morgan fingerprint density at radius 3 is 2.59 bits per heavy atom. The van der Waals surface area contributed by atoms with Gasteiger partial charge in [-0.05, 0) is 31.2 Å². The van der Waals surface area contributed by atoms with E-state index in [2.05, 4.69) is 58.7 Å². The van der Waals surface area contributed by atoms with Crippen molar-refractivity contribution in [1.29, 1.82) is 5.26 Å². The van der Waals surface area contributed by atoms with Crippen LogP contribution in [-0.2, 0) is 5.41 Å². The summed E-state index contributed by atoms with van der Waals surface area (Å²) in [5.74, 6) is 0. The molecule has 3 aromatic heterocycles. The van der Waals surface area contributed by atoms with Crippen molar-refractivity contribution in [1.82, 2.24) is 15.0 Å². The third kappa shape index (κ3) is 5.36. The number of hydrogen-bond acceptors (Lipinski definition) is 7. The van der Waals surface area contributed by atoms with Crippen LogP contribution in [-0.4, -0.2) is 28.2 Å². The second-order valence-electron chi connectivity index (χ2n) is 8.88. The summed E-state index contributed by atoms with van der Waals surface area (Å²) >= 11 is 0. The first-order chi connectivity index (χ1) is 16.2. The van der Waals surface area contributed by atoms with Gasteiger partial charge in [-0.3, -0.25) is 19.9 Å². The standard InChI is InChI=1S/C27H29N7/c1-17(19-7-8-31-25(10-19)27(3,4)5)34-23-11-24(18(2)32-16-23)21-9-20(12-28)26(33-15-21)22(13-29)14-30-6/h7-11,13-16,34H,1,29H2,2-6H3. The number of anilines is 1. The maximum absolute atomic E-state index is 9.70. The number of hydrogen-bond donors (Lipinski definition) is 2. The van der Waals surface area contributed by atoms with E-state index >= 15 is 0 Å². The fourth-order valence-electron chi connectivity index (χ4n) is 3.42. The topological polar surface area (TPSA) is 113 Å². The van der Waals surface area contributed by atoms with E-state index in [0.717, 1.165) is 39.5 Å². The van der Waals surface area contributed by atoms with Crippen molar-refractivity contribution >= 4 is 23.2 Å². The molecule has 0 unspecified atom stereocenters. The number of nitrogens with zero attached hydrogens (tertiary/aromatic N) is 5. The van der Waals surface area contributed by atoms with E-state index in [9.17, 15) is 5.26 Å². The van der Waals surface area contributed by atoms with E-state index in [0.29, 0.717) is 16.8 Å². The molecular formula is C27H29N7. The summed E-state index contributed by atoms with van der Waals surface area (Å²) in [6.45, 7) is 12.5. The molecule has 7 nitrogen and oxygen atoms in total. The number of allylic oxidation sites excluding steroid dienone is 1. The minimum Gasteiger partial charge on any atom is -0.404 e. The SMILES string of the molecule is C=C(Nc1cnc(C)c(-c2cnc(C(C=NC)=CN)c(C#N)c2)c1)c1ccnc(C(C)(C)C)c1. The van der Waals surface area contributed by atoms with Crippen molar-refractivity contribution in [2.24, 2.45) is 10.7 Å². The Bertz CT molecular complexity index is 1320. The maximum atomic E-state index is 9.70. The van der Waals surface area contributed by atoms with E-state index in [4.69, 9.17) is 5.73 Å². The number of nitrogens with two attached hydrogens (primary N) is 1. The van der Waals surface area contributed by atoms with E-state index in [-0.39, 0.29) is 5.41 Å². The van der Waals surface area contributed by atoms with Gasteiger partial charge >= 0.3 is 0 Å². The van der Waals surface area contributed by atoms with E-state index in [1.165, 1.54) is 6.20 Å². The molecule has 0 fully saturated rings. The molecule has 3 heterocycles. The molecule has 0 aliphatic rings. The quantitative estimate of drug-likeness (QED) is 0.504. The van der Waals surface area contributed by atoms with Crippen molar-refractivity contribution in [2.45, 2.75) is 33.1 Å². The first-order valence-corrected chi connectivity index (χ1v) is 10.8. The maximum Gasteiger partial charge on any atom is 0.101 e. The lowest BCUT2D eigenvalue weighted by molar-refractivity contribution is 0.568. The van der Waals surface area contributed by atoms with Crippen LogP contribution < -0.4 is 11.1 Å². The summed E-state index contributed by atoms with van der Waals surface area (Å²) in [7, 11) is 1.64. The molecule has 0 radical (unpaired) electrons. The molecule has 0 aromatic carbocycles. The second kappa shape index (κ2) is 10.1. The normalized spacial score (nSPS) is 11.9. The summed E-state index contributed by atoms with van der Waals surface area (Å²) in [4.78, 5) is 17.5. The van der Waals surface area contributed by atoms with Crippen LogP contribution in [0.4, 0.5) is 5.69 Å². The van der Waals surface area contributed by atoms with Gasteiger partial charge in [-0.25, -0.2) is 0 Å². The highest BCUT2D eigenvalue weighted by Crippen LogP contribution is 2.29. The Hall–Kier alpha value is -4.31. The van der Waals surface area contributed by atoms with Crippen molar-refractivity contribution in [2.75, 3.05) is 12.4 Å². The zero-order valence-corrected chi connectivity index (χ0v) is 20.2. The molecule has 0 aliphatic carbocycles. The lowest BCUT2D eigenvalue weighted by Gasteiger charge is -2.19. The number of nitrogens with one attached hydrogen (secondary N) is 1. The molecule has 3 aromatic rings. The molecule has 3 N–H and O–H groups in total. The average Bonchev–Trinajstić information content (AvgIpc) is 2.83. The van der Waals surface area contributed by atoms with Crippen molar-refractivity contribution in [3.63, 3.8) is 0 Å². The molecule has 0 saturated carbocycles. The Morgan fingerprint density at radius 1 is 1.18 bits per heavy atom. The van der Waals surface area contributed by atoms with Gasteiger partial charge in [0.25, 0.3) is 0 Å². The predicted molar refractivity (Wildman–Crippen MR) is 139 cm³/mol. The van der Waals surface area contributed by atoms with Crippen LogP contribution in [0.1, 0.15) is 49.0 Å². The zero-order chi connectivity index (χ0) is 24.9. The molecule has 3 rings (SSSR count). The summed E-state index contributed by atoms with van der Waals surface area (Å²) in [5, 5.41) is 13.0. The number of aliphatic imine (C=N–C) groups is 1. The smallest absolute Gasteiger partial charge is 0.101 e. The van der Waals surface area contributed by atoms with Crippen LogP contribution in [0.2, 0.25) is 0 Å². The van der Waals surface area contributed by atoms with Crippen LogP contribution in [0.25, 0.3) is 22.4 Å². The number of nitriles is 1. The largest absolute Gasteiger partial charge is 0.404 e. The molecule has 172 valence electrons. The van der Waals surface area contributed by atoms with Crippen LogP contribution in [0.15, 0.2) is 60.6 Å². The summed E-state index contributed by atoms with van der Waals surface area (Å²) < 4.78 is 0. The molecule has 0 aliphatic heterocycles. The fraction of sp³-hybridized carbons (Fsp3) is 0.222. The minimum atomic E-state index is -0.0611. The Kier molecular flexibility index (Phi) is 7.22. The number of rotatable bonds is 6. The number of aryl methyl sites for hydroxylation is 1. The third-order valence-electron chi connectivity index (χ3n) is 5.30. The Morgan fingerprint density at radius 2 is 1.94 bits per heavy atom. The van der Waals surface area contributed by atoms with Gasteiger partial charge in [0.1, 0.15) is 6.07 Å². The molecule has 0 amide bonds. The van der Waals surface area contributed by atoms with E-state index in [1.807, 2.05) is 25.1 Å². The van der Waals surface area contributed by atoms with Gasteiger partial charge in [0.05, 0.1) is 23.1 Å². The number of pyridine rings is 3. The second-order valence-corrected chi connectivity index (χ2v) is 8.88. The highest BCUT2D eigenvalue weighted by atomic mass is 14.9. The van der Waals surface area contributed by atoms with Crippen LogP contribution in [0.3, 0.4) is 0 Å². The molecular weight excluding hydrogens is 422 g/mol. The van der Waals surface area contributed by atoms with Gasteiger partial charge in [0.15, 0.2) is 0 Å². The van der Waals surface area contributed by atoms with Gasteiger partial charge in [-0.1, -0.05) is 27.4 Å². The predicted octanol–water partition coefficient (Wildman–Crippen LogP) is 5.10. The lowest BCUT2D eigenvalue weighted by Crippen LogP contribution is -2.14. The Labute approximate surface area is 200 Å². The molecule has 7 heteroatoms. The molecule has 0 spiro atoms. The average molecular weight is 452 g/mol. The summed E-state index contributed by atoms with van der Waals surface area (Å²) in [6, 6.07) is 9.94. The highest BCUT2D eigenvalue weighted by molar-refractivity contribution is 6.09. The van der Waals surface area contributed by atoms with Gasteiger partial charge in [-0.15, -0.1) is 0 Å². The van der Waals surface area contributed by atoms with Crippen LogP contribution >= 0.6 is 0 Å². The van der Waals surface area contributed by atoms with Crippen molar-refractivity contribution in [3.8, 4) is 17.2 Å². The fourth-order valence-corrected chi connectivity index (χ4v) is 3.42. The van der Waals surface area contributed by atoms with Gasteiger partial charge < -0.3 is 11.1 Å².